The van der Waals surface area contributed by atoms with Crippen LogP contribution in [0.1, 0.15) is 90.1 Å². The van der Waals surface area contributed by atoms with Crippen LogP contribution in [-0.2, 0) is 38.1 Å². The van der Waals surface area contributed by atoms with Crippen LogP contribution >= 0.6 is 0 Å². The maximum atomic E-state index is 15.9. The highest BCUT2D eigenvalue weighted by molar-refractivity contribution is 5.98. The standard InChI is InChI=1S/C52H53NO14/c1-29-35(64-48(61)40(56)39(31-18-10-6-11-19-31)53-45(58)32-20-12-7-13-21-32)27-52(62)44(66-47(60)34-24-16-9-17-25-34)42-50(5,36(55)26-37-51(42,28-63-37)67-30(2)54)43(57)41(38(29)49(52,3)4)65-46(59)33-22-14-8-15-23-33/h6-25,35-37,39-42,44,55-56,62H,26-28H2,1-5H3,(H,53,58)/t35-,36-,37+,39-,40+,41+,42-,44-,50+,51-,52+/m0/s1. The van der Waals surface area contributed by atoms with E-state index in [1.807, 2.05) is 0 Å². The zero-order valence-corrected chi connectivity index (χ0v) is 37.6. The monoisotopic (exact) mass is 915 g/mol. The summed E-state index contributed by atoms with van der Waals surface area (Å²) in [5.41, 5.74) is -7.20. The fraction of sp³-hybridized carbons (Fsp3) is 0.385. The summed E-state index contributed by atoms with van der Waals surface area (Å²) in [5.74, 6) is -6.98. The lowest BCUT2D eigenvalue weighted by molar-refractivity contribution is -0.345. The fourth-order valence-electron chi connectivity index (χ4n) is 10.8. The molecule has 15 heteroatoms. The number of nitrogens with one attached hydrogen (secondary N) is 1. The van der Waals surface area contributed by atoms with Crippen LogP contribution in [-0.4, -0.2) is 105 Å². The van der Waals surface area contributed by atoms with Crippen LogP contribution in [0, 0.1) is 16.7 Å². The number of ketones is 1. The van der Waals surface area contributed by atoms with Crippen molar-refractivity contribution in [1.29, 1.82) is 0 Å². The topological polar surface area (TPSA) is 221 Å². The molecular formula is C52H53NO14. The van der Waals surface area contributed by atoms with Crippen molar-refractivity contribution >= 4 is 35.6 Å². The van der Waals surface area contributed by atoms with Gasteiger partial charge in [-0.15, -0.1) is 0 Å². The van der Waals surface area contributed by atoms with E-state index in [0.29, 0.717) is 5.56 Å². The number of rotatable bonds is 11. The van der Waals surface area contributed by atoms with E-state index in [2.05, 4.69) is 5.32 Å². The summed E-state index contributed by atoms with van der Waals surface area (Å²) in [7, 11) is 0. The summed E-state index contributed by atoms with van der Waals surface area (Å²) in [6, 6.07) is 30.8. The molecule has 1 heterocycles. The van der Waals surface area contributed by atoms with E-state index in [0.717, 1.165) is 6.92 Å². The SMILES string of the molecule is CC(=O)O[C@@]12CO[C@@H]1C[C@H](O)[C@@]1(C)C(=O)[C@H](OC(=O)c3ccccc3)C3=C(C)[C@@H](OC(=O)[C@H](O)[C@@H](NC(=O)c4ccccc4)c4ccccc4)C[C@@](O)([C@@H](OC(=O)c4ccccc4)[C@H]21)C3(C)C. The molecule has 4 aliphatic rings. The Hall–Kier alpha value is -6.52. The van der Waals surface area contributed by atoms with Gasteiger partial charge in [-0.05, 0) is 67.0 Å². The van der Waals surface area contributed by atoms with Gasteiger partial charge in [-0.25, -0.2) is 14.4 Å². The van der Waals surface area contributed by atoms with Gasteiger partial charge in [0.2, 0.25) is 0 Å². The number of aliphatic hydroxyl groups excluding tert-OH is 2. The van der Waals surface area contributed by atoms with Crippen LogP contribution in [0.15, 0.2) is 132 Å². The Bertz CT molecular complexity index is 2590. The molecule has 0 spiro atoms. The Kier molecular flexibility index (Phi) is 12.6. The van der Waals surface area contributed by atoms with Crippen molar-refractivity contribution < 1.29 is 67.8 Å². The number of benzene rings is 4. The molecule has 0 unspecified atom stereocenters. The van der Waals surface area contributed by atoms with Crippen molar-refractivity contribution in [3.05, 3.63) is 155 Å². The molecule has 0 aromatic heterocycles. The predicted octanol–water partition coefficient (Wildman–Crippen LogP) is 5.03. The summed E-state index contributed by atoms with van der Waals surface area (Å²) < 4.78 is 30.9. The zero-order valence-electron chi connectivity index (χ0n) is 37.6. The summed E-state index contributed by atoms with van der Waals surface area (Å²) in [6.07, 6.45) is -10.8. The molecule has 3 fully saturated rings. The second kappa shape index (κ2) is 17.9. The Labute approximate surface area is 387 Å². The number of aliphatic hydroxyl groups is 3. The first-order valence-electron chi connectivity index (χ1n) is 22.1. The summed E-state index contributed by atoms with van der Waals surface area (Å²) in [4.78, 5) is 85.7. The lowest BCUT2D eigenvalue weighted by Crippen LogP contribution is -2.82. The molecule has 15 nitrogen and oxygen atoms in total. The molecule has 11 atom stereocenters. The minimum absolute atomic E-state index is 0.0269. The minimum Gasteiger partial charge on any atom is -0.456 e. The molecule has 3 aliphatic carbocycles. The van der Waals surface area contributed by atoms with Gasteiger partial charge in [0.05, 0.1) is 41.2 Å². The number of esters is 4. The Morgan fingerprint density at radius 1 is 0.761 bits per heavy atom. The van der Waals surface area contributed by atoms with E-state index < -0.39 is 113 Å². The molecule has 4 N–H and O–H groups in total. The number of fused-ring (bicyclic) bond motifs is 5. The minimum atomic E-state index is -2.43. The van der Waals surface area contributed by atoms with Crippen LogP contribution in [0.3, 0.4) is 0 Å². The van der Waals surface area contributed by atoms with Gasteiger partial charge in [0.15, 0.2) is 23.6 Å². The van der Waals surface area contributed by atoms with Crippen molar-refractivity contribution in [2.75, 3.05) is 6.61 Å². The summed E-state index contributed by atoms with van der Waals surface area (Å²) >= 11 is 0. The van der Waals surface area contributed by atoms with Crippen LogP contribution < -0.4 is 5.32 Å². The molecule has 350 valence electrons. The summed E-state index contributed by atoms with van der Waals surface area (Å²) in [6.45, 7) is 6.90. The normalized spacial score (nSPS) is 30.3. The van der Waals surface area contributed by atoms with Crippen LogP contribution in [0.2, 0.25) is 0 Å². The molecule has 1 aliphatic heterocycles. The smallest absolute Gasteiger partial charge is 0.339 e. The van der Waals surface area contributed by atoms with Crippen LogP contribution in [0.5, 0.6) is 0 Å². The third-order valence-electron chi connectivity index (χ3n) is 14.4. The summed E-state index contributed by atoms with van der Waals surface area (Å²) in [5, 5.41) is 40.8. The number of Topliss-reactive ketones (excluding diaryl/α,β-unsaturated/α-hetero) is 1. The third-order valence-corrected chi connectivity index (χ3v) is 14.4. The Morgan fingerprint density at radius 2 is 1.28 bits per heavy atom. The molecule has 0 radical (unpaired) electrons. The number of carbonyl (C=O) groups is 6. The Balaban J connectivity index is 1.30. The van der Waals surface area contributed by atoms with Gasteiger partial charge >= 0.3 is 23.9 Å². The van der Waals surface area contributed by atoms with Crippen molar-refractivity contribution in [3.63, 3.8) is 0 Å². The van der Waals surface area contributed by atoms with Crippen molar-refractivity contribution in [3.8, 4) is 0 Å². The van der Waals surface area contributed by atoms with Gasteiger partial charge in [-0.3, -0.25) is 14.4 Å². The highest BCUT2D eigenvalue weighted by Gasteiger charge is 2.78. The maximum Gasteiger partial charge on any atom is 0.339 e. The van der Waals surface area contributed by atoms with Crippen LogP contribution in [0.4, 0.5) is 0 Å². The van der Waals surface area contributed by atoms with Crippen LogP contribution in [0.25, 0.3) is 0 Å². The average molecular weight is 916 g/mol. The number of amides is 1. The van der Waals surface area contributed by atoms with Gasteiger partial charge in [0, 0.05) is 30.7 Å². The van der Waals surface area contributed by atoms with Crippen molar-refractivity contribution in [1.82, 2.24) is 5.32 Å². The number of carbonyl (C=O) groups excluding carboxylic acids is 6. The first-order valence-corrected chi connectivity index (χ1v) is 22.1. The highest BCUT2D eigenvalue weighted by atomic mass is 16.6. The van der Waals surface area contributed by atoms with E-state index in [4.69, 9.17) is 23.7 Å². The number of hydrogen-bond acceptors (Lipinski definition) is 14. The molecule has 8 rings (SSSR count). The molecule has 67 heavy (non-hydrogen) atoms. The quantitative estimate of drug-likeness (QED) is 0.0881. The number of ether oxygens (including phenoxy) is 5. The molecule has 4 aromatic carbocycles. The second-order valence-electron chi connectivity index (χ2n) is 18.5. The van der Waals surface area contributed by atoms with Gasteiger partial charge < -0.3 is 44.3 Å². The molecule has 1 amide bonds. The molecule has 2 bridgehead atoms. The lowest BCUT2D eigenvalue weighted by atomic mass is 9.44. The molecule has 4 aromatic rings. The average Bonchev–Trinajstić information content (AvgIpc) is 3.32. The van der Waals surface area contributed by atoms with E-state index in [9.17, 15) is 39.3 Å². The third kappa shape index (κ3) is 8.03. The zero-order chi connectivity index (χ0) is 48.1. The fourth-order valence-corrected chi connectivity index (χ4v) is 10.8. The van der Waals surface area contributed by atoms with Gasteiger partial charge in [-0.1, -0.05) is 98.8 Å². The first-order chi connectivity index (χ1) is 31.8. The predicted molar refractivity (Wildman–Crippen MR) is 238 cm³/mol. The molecule has 1 saturated heterocycles. The molecular weight excluding hydrogens is 863 g/mol. The first kappa shape index (κ1) is 47.0. The van der Waals surface area contributed by atoms with E-state index >= 15 is 4.79 Å². The maximum absolute atomic E-state index is 15.9. The van der Waals surface area contributed by atoms with Crippen molar-refractivity contribution in [2.24, 2.45) is 16.7 Å². The van der Waals surface area contributed by atoms with E-state index in [1.54, 1.807) is 111 Å². The lowest BCUT2D eigenvalue weighted by Gasteiger charge is -2.67. The second-order valence-corrected chi connectivity index (χ2v) is 18.5. The van der Waals surface area contributed by atoms with Crippen molar-refractivity contribution in [2.45, 2.75) is 101 Å². The largest absolute Gasteiger partial charge is 0.456 e. The van der Waals surface area contributed by atoms with Gasteiger partial charge in [0.25, 0.3) is 5.91 Å². The van der Waals surface area contributed by atoms with E-state index in [1.165, 1.54) is 38.1 Å². The van der Waals surface area contributed by atoms with Gasteiger partial charge in [-0.2, -0.15) is 0 Å². The number of hydrogen-bond donors (Lipinski definition) is 4. The molecule has 2 saturated carbocycles. The van der Waals surface area contributed by atoms with Gasteiger partial charge in [0.1, 0.15) is 23.9 Å². The Morgan fingerprint density at radius 3 is 1.81 bits per heavy atom. The highest BCUT2D eigenvalue weighted by Crippen LogP contribution is 2.64. The van der Waals surface area contributed by atoms with E-state index in [-0.39, 0.29) is 40.9 Å².